The van der Waals surface area contributed by atoms with Crippen molar-refractivity contribution in [3.05, 3.63) is 29.8 Å². The Morgan fingerprint density at radius 1 is 1.28 bits per heavy atom. The second-order valence-corrected chi connectivity index (χ2v) is 3.97. The van der Waals surface area contributed by atoms with Crippen LogP contribution in [-0.2, 0) is 17.8 Å². The van der Waals surface area contributed by atoms with Crippen molar-refractivity contribution in [1.29, 1.82) is 0 Å². The summed E-state index contributed by atoms with van der Waals surface area (Å²) in [4.78, 5) is 0. The fourth-order valence-corrected chi connectivity index (χ4v) is 1.71. The molecule has 0 unspecified atom stereocenters. The molecule has 0 atom stereocenters. The van der Waals surface area contributed by atoms with Gasteiger partial charge in [0.05, 0.1) is 0 Å². The molecular weight excluding hydrogens is 230 g/mol. The molecule has 0 aliphatic heterocycles. The number of ether oxygens (including phenoxy) is 1. The summed E-state index contributed by atoms with van der Waals surface area (Å²) in [7, 11) is 1.69. The Hall–Kier alpha value is -1.79. The average Bonchev–Trinajstić information content (AvgIpc) is 2.88. The van der Waals surface area contributed by atoms with Crippen molar-refractivity contribution < 1.29 is 4.74 Å². The van der Waals surface area contributed by atoms with Crippen LogP contribution in [0.4, 0.5) is 0 Å². The van der Waals surface area contributed by atoms with Gasteiger partial charge in [-0.3, -0.25) is 0 Å². The zero-order valence-corrected chi connectivity index (χ0v) is 10.4. The largest absolute Gasteiger partial charge is 0.385 e. The van der Waals surface area contributed by atoms with Crippen LogP contribution in [0.2, 0.25) is 0 Å². The van der Waals surface area contributed by atoms with Gasteiger partial charge in [-0.15, -0.1) is 5.10 Å². The van der Waals surface area contributed by atoms with Gasteiger partial charge in [0.15, 0.2) is 5.82 Å². The maximum Gasteiger partial charge on any atom is 0.182 e. The van der Waals surface area contributed by atoms with Crippen LogP contribution in [0.3, 0.4) is 0 Å². The highest BCUT2D eigenvalue weighted by molar-refractivity contribution is 5.54. The highest BCUT2D eigenvalue weighted by atomic mass is 16.5. The fourth-order valence-electron chi connectivity index (χ4n) is 1.71. The van der Waals surface area contributed by atoms with Crippen molar-refractivity contribution in [2.75, 3.05) is 13.7 Å². The third-order valence-corrected chi connectivity index (χ3v) is 2.70. The number of benzene rings is 1. The Kier molecular flexibility index (Phi) is 4.38. The Morgan fingerprint density at radius 3 is 2.72 bits per heavy atom. The van der Waals surface area contributed by atoms with Gasteiger partial charge in [-0.2, -0.15) is 0 Å². The number of hydrogen-bond donors (Lipinski definition) is 1. The lowest BCUT2D eigenvalue weighted by Crippen LogP contribution is -2.05. The molecular formula is C12H17N5O. The van der Waals surface area contributed by atoms with E-state index < -0.39 is 0 Å². The summed E-state index contributed by atoms with van der Waals surface area (Å²) < 4.78 is 6.81. The molecule has 0 aliphatic carbocycles. The zero-order chi connectivity index (χ0) is 12.8. The minimum atomic E-state index is 0.541. The summed E-state index contributed by atoms with van der Waals surface area (Å²) >= 11 is 0. The van der Waals surface area contributed by atoms with Gasteiger partial charge in [0, 0.05) is 32.4 Å². The summed E-state index contributed by atoms with van der Waals surface area (Å²) in [5.41, 5.74) is 7.66. The predicted molar refractivity (Wildman–Crippen MR) is 67.6 cm³/mol. The smallest absolute Gasteiger partial charge is 0.182 e. The topological polar surface area (TPSA) is 78.8 Å². The van der Waals surface area contributed by atoms with E-state index in [9.17, 15) is 0 Å². The van der Waals surface area contributed by atoms with Gasteiger partial charge in [-0.1, -0.05) is 24.3 Å². The molecule has 0 radical (unpaired) electrons. The molecule has 0 spiro atoms. The molecule has 0 fully saturated rings. The number of aromatic nitrogens is 4. The predicted octanol–water partition coefficient (Wildman–Crippen LogP) is 0.835. The van der Waals surface area contributed by atoms with Crippen molar-refractivity contribution in [2.24, 2.45) is 5.73 Å². The van der Waals surface area contributed by atoms with Gasteiger partial charge < -0.3 is 10.5 Å². The van der Waals surface area contributed by atoms with Crippen molar-refractivity contribution in [3.63, 3.8) is 0 Å². The van der Waals surface area contributed by atoms with E-state index in [1.165, 1.54) is 0 Å². The number of hydrogen-bond acceptors (Lipinski definition) is 5. The lowest BCUT2D eigenvalue weighted by atomic mass is 10.1. The van der Waals surface area contributed by atoms with E-state index in [1.54, 1.807) is 11.8 Å². The molecule has 1 aromatic heterocycles. The molecule has 2 aromatic rings. The van der Waals surface area contributed by atoms with Crippen molar-refractivity contribution in [2.45, 2.75) is 19.5 Å². The van der Waals surface area contributed by atoms with Crippen LogP contribution < -0.4 is 5.73 Å². The Balaban J connectivity index is 2.14. The van der Waals surface area contributed by atoms with Gasteiger partial charge >= 0.3 is 0 Å². The fraction of sp³-hybridized carbons (Fsp3) is 0.417. The highest BCUT2D eigenvalue weighted by Crippen LogP contribution is 2.16. The molecule has 0 amide bonds. The molecule has 0 saturated carbocycles. The summed E-state index contributed by atoms with van der Waals surface area (Å²) in [6.45, 7) is 1.99. The second kappa shape index (κ2) is 6.23. The molecule has 0 bridgehead atoms. The SMILES string of the molecule is COCCCn1nnnc1-c1ccc(CN)cc1. The number of tetrazole rings is 1. The Morgan fingerprint density at radius 2 is 2.06 bits per heavy atom. The molecule has 6 nitrogen and oxygen atoms in total. The summed E-state index contributed by atoms with van der Waals surface area (Å²) in [6, 6.07) is 7.95. The maximum absolute atomic E-state index is 5.57. The number of nitrogens with zero attached hydrogens (tertiary/aromatic N) is 4. The molecule has 2 N–H and O–H groups in total. The minimum absolute atomic E-state index is 0.541. The summed E-state index contributed by atoms with van der Waals surface area (Å²) in [5.74, 6) is 0.773. The maximum atomic E-state index is 5.57. The highest BCUT2D eigenvalue weighted by Gasteiger charge is 2.08. The van der Waals surface area contributed by atoms with Crippen molar-refractivity contribution in [1.82, 2.24) is 20.2 Å². The van der Waals surface area contributed by atoms with Gasteiger partial charge in [-0.25, -0.2) is 4.68 Å². The first-order valence-electron chi connectivity index (χ1n) is 5.89. The van der Waals surface area contributed by atoms with Crippen molar-refractivity contribution >= 4 is 0 Å². The normalized spacial score (nSPS) is 10.8. The monoisotopic (exact) mass is 247 g/mol. The van der Waals surface area contributed by atoms with E-state index in [4.69, 9.17) is 10.5 Å². The zero-order valence-electron chi connectivity index (χ0n) is 10.4. The van der Waals surface area contributed by atoms with Crippen LogP contribution >= 0.6 is 0 Å². The summed E-state index contributed by atoms with van der Waals surface area (Å²) in [5, 5.41) is 11.8. The molecule has 1 heterocycles. The molecule has 2 rings (SSSR count). The standard InChI is InChI=1S/C12H17N5O/c1-18-8-2-7-17-12(14-15-16-17)11-5-3-10(9-13)4-6-11/h3-6H,2,7-9,13H2,1H3. The number of nitrogens with two attached hydrogens (primary N) is 1. The quantitative estimate of drug-likeness (QED) is 0.765. The van der Waals surface area contributed by atoms with E-state index in [0.717, 1.165) is 29.9 Å². The van der Waals surface area contributed by atoms with Crippen LogP contribution in [0.1, 0.15) is 12.0 Å². The van der Waals surface area contributed by atoms with Crippen LogP contribution in [0, 0.1) is 0 Å². The van der Waals surface area contributed by atoms with Gasteiger partial charge in [-0.05, 0) is 22.4 Å². The van der Waals surface area contributed by atoms with Crippen LogP contribution in [0.5, 0.6) is 0 Å². The molecule has 18 heavy (non-hydrogen) atoms. The van der Waals surface area contributed by atoms with Crippen molar-refractivity contribution in [3.8, 4) is 11.4 Å². The van der Waals surface area contributed by atoms with E-state index in [2.05, 4.69) is 15.5 Å². The van der Waals surface area contributed by atoms with Crippen LogP contribution in [0.25, 0.3) is 11.4 Å². The van der Waals surface area contributed by atoms with E-state index in [-0.39, 0.29) is 0 Å². The van der Waals surface area contributed by atoms with E-state index >= 15 is 0 Å². The molecule has 6 heteroatoms. The average molecular weight is 247 g/mol. The third kappa shape index (κ3) is 2.91. The summed E-state index contributed by atoms with van der Waals surface area (Å²) in [6.07, 6.45) is 0.884. The molecule has 1 aromatic carbocycles. The minimum Gasteiger partial charge on any atom is -0.385 e. The second-order valence-electron chi connectivity index (χ2n) is 3.97. The first kappa shape index (κ1) is 12.7. The van der Waals surface area contributed by atoms with E-state index in [1.807, 2.05) is 24.3 Å². The molecule has 0 aliphatic rings. The Bertz CT molecular complexity index is 479. The number of aryl methyl sites for hydroxylation is 1. The number of rotatable bonds is 6. The van der Waals surface area contributed by atoms with Gasteiger partial charge in [0.1, 0.15) is 0 Å². The first-order chi connectivity index (χ1) is 8.85. The number of methoxy groups -OCH3 is 1. The molecule has 0 saturated heterocycles. The van der Waals surface area contributed by atoms with Gasteiger partial charge in [0.2, 0.25) is 0 Å². The lowest BCUT2D eigenvalue weighted by Gasteiger charge is -2.05. The third-order valence-electron chi connectivity index (χ3n) is 2.70. The van der Waals surface area contributed by atoms with Gasteiger partial charge in [0.25, 0.3) is 0 Å². The van der Waals surface area contributed by atoms with Crippen LogP contribution in [0.15, 0.2) is 24.3 Å². The first-order valence-corrected chi connectivity index (χ1v) is 5.89. The van der Waals surface area contributed by atoms with E-state index in [0.29, 0.717) is 13.2 Å². The van der Waals surface area contributed by atoms with Crippen LogP contribution in [-0.4, -0.2) is 33.9 Å². The lowest BCUT2D eigenvalue weighted by molar-refractivity contribution is 0.189. The Labute approximate surface area is 106 Å². The molecule has 96 valence electrons.